The van der Waals surface area contributed by atoms with Crippen LogP contribution in [0.3, 0.4) is 0 Å². The number of thioether (sulfide) groups is 3. The van der Waals surface area contributed by atoms with E-state index in [1.807, 2.05) is 42.2 Å². The van der Waals surface area contributed by atoms with Crippen molar-refractivity contribution in [3.05, 3.63) is 0 Å². The first-order valence-corrected chi connectivity index (χ1v) is 17.0. The Kier molecular flexibility index (Phi) is 29.2. The monoisotopic (exact) mass is 566 g/mol. The second-order valence-electron chi connectivity index (χ2n) is 7.36. The van der Waals surface area contributed by atoms with Crippen molar-refractivity contribution in [2.45, 2.75) is 26.2 Å². The van der Waals surface area contributed by atoms with Crippen LogP contribution in [0.2, 0.25) is 0 Å². The van der Waals surface area contributed by atoms with E-state index in [2.05, 4.69) is 37.9 Å². The van der Waals surface area contributed by atoms with Crippen LogP contribution in [0.25, 0.3) is 0 Å². The largest absolute Gasteiger partial charge is 0.381 e. The summed E-state index contributed by atoms with van der Waals surface area (Å²) in [5.74, 6) is 9.40. The van der Waals surface area contributed by atoms with Gasteiger partial charge in [-0.05, 0) is 60.7 Å². The number of rotatable bonds is 27. The molecule has 0 N–H and O–H groups in total. The summed E-state index contributed by atoms with van der Waals surface area (Å²) in [5, 5.41) is 0. The van der Waals surface area contributed by atoms with Crippen molar-refractivity contribution < 1.29 is 18.9 Å². The van der Waals surface area contributed by atoms with Gasteiger partial charge in [0.05, 0.1) is 31.8 Å². The Morgan fingerprint density at radius 3 is 1.19 bits per heavy atom. The van der Waals surface area contributed by atoms with E-state index in [1.165, 1.54) is 0 Å². The summed E-state index contributed by atoms with van der Waals surface area (Å²) in [5.41, 5.74) is -0.259. The molecular formula is C22H46O4S6. The van der Waals surface area contributed by atoms with Gasteiger partial charge in [0.25, 0.3) is 0 Å². The Hall–Kier alpha value is 1.94. The minimum Gasteiger partial charge on any atom is -0.381 e. The summed E-state index contributed by atoms with van der Waals surface area (Å²) in [6, 6.07) is 0. The van der Waals surface area contributed by atoms with Crippen LogP contribution in [0.15, 0.2) is 0 Å². The first-order chi connectivity index (χ1) is 15.7. The summed E-state index contributed by atoms with van der Waals surface area (Å²) in [7, 11) is 0. The maximum Gasteiger partial charge on any atom is 0.0637 e. The molecule has 0 unspecified atom stereocenters. The van der Waals surface area contributed by atoms with Crippen LogP contribution in [0.4, 0.5) is 0 Å². The second-order valence-corrected chi connectivity index (χ2v) is 12.4. The quantitative estimate of drug-likeness (QED) is 0.0930. The molecule has 0 amide bonds. The van der Waals surface area contributed by atoms with Crippen molar-refractivity contribution in [2.75, 3.05) is 105 Å². The molecular weight excluding hydrogens is 521 g/mol. The fourth-order valence-corrected chi connectivity index (χ4v) is 5.85. The van der Waals surface area contributed by atoms with Crippen molar-refractivity contribution in [2.24, 2.45) is 5.41 Å². The third-order valence-electron chi connectivity index (χ3n) is 4.28. The molecule has 0 saturated heterocycles. The van der Waals surface area contributed by atoms with Gasteiger partial charge in [0.2, 0.25) is 0 Å². The van der Waals surface area contributed by atoms with Crippen molar-refractivity contribution in [3.8, 4) is 0 Å². The van der Waals surface area contributed by atoms with Gasteiger partial charge in [-0.2, -0.15) is 73.2 Å². The molecule has 32 heavy (non-hydrogen) atoms. The van der Waals surface area contributed by atoms with E-state index >= 15 is 0 Å². The highest BCUT2D eigenvalue weighted by Gasteiger charge is 2.32. The van der Waals surface area contributed by atoms with E-state index in [-0.39, 0.29) is 5.41 Å². The molecule has 0 aromatic heterocycles. The molecule has 0 rings (SSSR count). The predicted molar refractivity (Wildman–Crippen MR) is 159 cm³/mol. The van der Waals surface area contributed by atoms with E-state index in [4.69, 9.17) is 18.9 Å². The van der Waals surface area contributed by atoms with Crippen molar-refractivity contribution in [3.63, 3.8) is 0 Å². The third kappa shape index (κ3) is 22.4. The molecule has 10 heteroatoms. The zero-order valence-corrected chi connectivity index (χ0v) is 25.0. The molecule has 0 aliphatic rings. The second kappa shape index (κ2) is 27.5. The number of ether oxygens (including phenoxy) is 4. The highest BCUT2D eigenvalue weighted by atomic mass is 32.2. The van der Waals surface area contributed by atoms with Crippen LogP contribution in [-0.2, 0) is 18.9 Å². The van der Waals surface area contributed by atoms with Crippen LogP contribution in [-0.4, -0.2) is 105 Å². The molecule has 0 atom stereocenters. The van der Waals surface area contributed by atoms with E-state index in [1.54, 1.807) is 0 Å². The van der Waals surface area contributed by atoms with Gasteiger partial charge in [-0.1, -0.05) is 0 Å². The molecule has 0 aliphatic heterocycles. The standard InChI is InChI=1S/C22H46O4S6/c1-2-23-18-22(19-24-6-3-12-30-15-9-27,20-25-7-4-13-31-16-10-28)21-26-8-5-14-32-17-11-29/h27-29H,2-21H2,1H3. The highest BCUT2D eigenvalue weighted by Crippen LogP contribution is 2.22. The normalized spacial score (nSPS) is 12.0. The van der Waals surface area contributed by atoms with Gasteiger partial charge in [0.15, 0.2) is 0 Å². The molecule has 0 spiro atoms. The molecule has 0 aliphatic carbocycles. The van der Waals surface area contributed by atoms with Gasteiger partial charge in [-0.15, -0.1) is 0 Å². The Labute approximate surface area is 227 Å². The van der Waals surface area contributed by atoms with Gasteiger partial charge in [-0.3, -0.25) is 0 Å². The minimum absolute atomic E-state index is 0.259. The summed E-state index contributed by atoms with van der Waals surface area (Å²) >= 11 is 18.6. The molecule has 0 fully saturated rings. The van der Waals surface area contributed by atoms with Crippen LogP contribution >= 0.6 is 73.2 Å². The summed E-state index contributed by atoms with van der Waals surface area (Å²) in [6.45, 7) is 7.40. The van der Waals surface area contributed by atoms with Gasteiger partial charge < -0.3 is 18.9 Å². The van der Waals surface area contributed by atoms with Gasteiger partial charge >= 0.3 is 0 Å². The van der Waals surface area contributed by atoms with Gasteiger partial charge in [0.1, 0.15) is 0 Å². The van der Waals surface area contributed by atoms with Crippen LogP contribution in [0.5, 0.6) is 0 Å². The first-order valence-electron chi connectivity index (χ1n) is 11.6. The fraction of sp³-hybridized carbons (Fsp3) is 1.00. The molecule has 194 valence electrons. The summed E-state index contributed by atoms with van der Waals surface area (Å²) in [4.78, 5) is 0. The molecule has 0 radical (unpaired) electrons. The van der Waals surface area contributed by atoms with Crippen molar-refractivity contribution >= 4 is 73.2 Å². The van der Waals surface area contributed by atoms with Crippen LogP contribution < -0.4 is 0 Å². The molecule has 0 heterocycles. The molecule has 0 saturated carbocycles. The lowest BCUT2D eigenvalue weighted by Crippen LogP contribution is -2.42. The lowest BCUT2D eigenvalue weighted by molar-refractivity contribution is -0.105. The van der Waals surface area contributed by atoms with Crippen LogP contribution in [0.1, 0.15) is 26.2 Å². The maximum atomic E-state index is 6.10. The van der Waals surface area contributed by atoms with Crippen molar-refractivity contribution in [1.29, 1.82) is 0 Å². The number of hydrogen-bond acceptors (Lipinski definition) is 10. The molecule has 0 bridgehead atoms. The first kappa shape index (κ1) is 33.9. The highest BCUT2D eigenvalue weighted by molar-refractivity contribution is 8.00. The average molecular weight is 567 g/mol. The fourth-order valence-electron chi connectivity index (χ4n) is 2.72. The van der Waals surface area contributed by atoms with Gasteiger partial charge in [-0.25, -0.2) is 0 Å². The topological polar surface area (TPSA) is 36.9 Å². The Balaban J connectivity index is 4.51. The zero-order chi connectivity index (χ0) is 23.6. The van der Waals surface area contributed by atoms with E-state index in [9.17, 15) is 0 Å². The Morgan fingerprint density at radius 2 is 0.875 bits per heavy atom. The third-order valence-corrected chi connectivity index (χ3v) is 9.07. The smallest absolute Gasteiger partial charge is 0.0637 e. The summed E-state index contributed by atoms with van der Waals surface area (Å²) in [6.07, 6.45) is 3.15. The predicted octanol–water partition coefficient (Wildman–Crippen LogP) is 5.22. The van der Waals surface area contributed by atoms with E-state index in [0.29, 0.717) is 33.0 Å². The molecule has 4 nitrogen and oxygen atoms in total. The zero-order valence-electron chi connectivity index (χ0n) is 19.8. The van der Waals surface area contributed by atoms with E-state index < -0.39 is 0 Å². The van der Waals surface area contributed by atoms with Crippen LogP contribution in [0, 0.1) is 5.41 Å². The molecule has 0 aromatic carbocycles. The SMILES string of the molecule is CCOCC(COCCCSCCS)(COCCCSCCS)COCCCSCCS. The Morgan fingerprint density at radius 1 is 0.531 bits per heavy atom. The number of hydrogen-bond donors (Lipinski definition) is 3. The molecule has 0 aromatic rings. The Bertz CT molecular complexity index is 324. The maximum absolute atomic E-state index is 6.10. The number of thiol groups is 3. The lowest BCUT2D eigenvalue weighted by atomic mass is 9.92. The lowest BCUT2D eigenvalue weighted by Gasteiger charge is -2.33. The van der Waals surface area contributed by atoms with Gasteiger partial charge in [0, 0.05) is 43.7 Å². The summed E-state index contributed by atoms with van der Waals surface area (Å²) < 4.78 is 24.1. The minimum atomic E-state index is -0.259. The average Bonchev–Trinajstić information content (AvgIpc) is 2.81. The van der Waals surface area contributed by atoms with E-state index in [0.717, 1.165) is 90.9 Å². The van der Waals surface area contributed by atoms with Crippen molar-refractivity contribution in [1.82, 2.24) is 0 Å².